The van der Waals surface area contributed by atoms with Gasteiger partial charge in [0.25, 0.3) is 0 Å². The first kappa shape index (κ1) is 17.7. The summed E-state index contributed by atoms with van der Waals surface area (Å²) >= 11 is 1.65. The van der Waals surface area contributed by atoms with E-state index < -0.39 is 11.6 Å². The highest BCUT2D eigenvalue weighted by atomic mass is 32.2. The first-order chi connectivity index (χ1) is 13.0. The van der Waals surface area contributed by atoms with Crippen molar-refractivity contribution >= 4 is 17.4 Å². The van der Waals surface area contributed by atoms with Gasteiger partial charge in [-0.15, -0.1) is 11.8 Å². The van der Waals surface area contributed by atoms with Gasteiger partial charge in [0.05, 0.1) is 5.56 Å². The largest absolute Gasteiger partial charge is 0.236 e. The smallest absolute Gasteiger partial charge is 0.163 e. The molecule has 4 aromatic rings. The Bertz CT molecular complexity index is 1150. The van der Waals surface area contributed by atoms with Crippen molar-refractivity contribution in [1.82, 2.24) is 14.6 Å². The third-order valence-corrected chi connectivity index (χ3v) is 5.44. The summed E-state index contributed by atoms with van der Waals surface area (Å²) in [7, 11) is 0. The number of hydrogen-bond donors (Lipinski definition) is 0. The van der Waals surface area contributed by atoms with E-state index in [4.69, 9.17) is 5.10 Å². The van der Waals surface area contributed by atoms with Crippen LogP contribution < -0.4 is 0 Å². The van der Waals surface area contributed by atoms with Crippen molar-refractivity contribution in [3.63, 3.8) is 0 Å². The van der Waals surface area contributed by atoms with Crippen LogP contribution in [0.15, 0.2) is 53.6 Å². The molecule has 0 aliphatic carbocycles. The van der Waals surface area contributed by atoms with E-state index >= 15 is 0 Å². The SMILES string of the molecule is CSc1ccc(-c2nn3c(C)c(C)cnc3c2-c2ccc(F)cc2F)cc1. The molecule has 0 N–H and O–H groups in total. The third-order valence-electron chi connectivity index (χ3n) is 4.69. The van der Waals surface area contributed by atoms with E-state index in [9.17, 15) is 8.78 Å². The molecule has 0 spiro atoms. The van der Waals surface area contributed by atoms with Gasteiger partial charge < -0.3 is 0 Å². The minimum atomic E-state index is -0.632. The second-order valence-corrected chi connectivity index (χ2v) is 7.22. The number of benzene rings is 2. The summed E-state index contributed by atoms with van der Waals surface area (Å²) in [6.07, 6.45) is 3.76. The van der Waals surface area contributed by atoms with Gasteiger partial charge in [-0.25, -0.2) is 18.3 Å². The molecule has 27 heavy (non-hydrogen) atoms. The molecule has 0 aliphatic heterocycles. The lowest BCUT2D eigenvalue weighted by Crippen LogP contribution is -1.98. The molecular formula is C21H17F2N3S. The van der Waals surface area contributed by atoms with E-state index in [1.165, 1.54) is 12.1 Å². The molecule has 2 aromatic carbocycles. The maximum Gasteiger partial charge on any atom is 0.163 e. The Morgan fingerprint density at radius 2 is 1.74 bits per heavy atom. The predicted molar refractivity (Wildman–Crippen MR) is 105 cm³/mol. The Morgan fingerprint density at radius 1 is 1.00 bits per heavy atom. The van der Waals surface area contributed by atoms with Crippen LogP contribution in [0.25, 0.3) is 28.0 Å². The minimum Gasteiger partial charge on any atom is -0.236 e. The van der Waals surface area contributed by atoms with E-state index in [1.807, 2.05) is 44.4 Å². The molecule has 0 atom stereocenters. The molecule has 2 aromatic heterocycles. The summed E-state index contributed by atoms with van der Waals surface area (Å²) in [5, 5.41) is 4.73. The summed E-state index contributed by atoms with van der Waals surface area (Å²) in [6, 6.07) is 11.5. The number of rotatable bonds is 3. The molecule has 4 rings (SSSR count). The second kappa shape index (κ2) is 6.78. The Labute approximate surface area is 160 Å². The maximum atomic E-state index is 14.6. The van der Waals surface area contributed by atoms with E-state index in [2.05, 4.69) is 4.98 Å². The Hall–Kier alpha value is -2.73. The second-order valence-electron chi connectivity index (χ2n) is 6.34. The number of hydrogen-bond acceptors (Lipinski definition) is 3. The zero-order chi connectivity index (χ0) is 19.1. The summed E-state index contributed by atoms with van der Waals surface area (Å²) in [6.45, 7) is 3.90. The number of halogens is 2. The predicted octanol–water partition coefficient (Wildman–Crippen LogP) is 5.68. The molecule has 0 unspecified atom stereocenters. The first-order valence-corrected chi connectivity index (χ1v) is 9.67. The molecule has 0 bridgehead atoms. The fourth-order valence-electron chi connectivity index (χ4n) is 3.07. The topological polar surface area (TPSA) is 30.2 Å². The molecular weight excluding hydrogens is 364 g/mol. The average Bonchev–Trinajstić information content (AvgIpc) is 3.05. The van der Waals surface area contributed by atoms with Gasteiger partial charge >= 0.3 is 0 Å². The molecule has 2 heterocycles. The Kier molecular flexibility index (Phi) is 4.44. The summed E-state index contributed by atoms with van der Waals surface area (Å²) in [5.41, 5.74) is 4.78. The quantitative estimate of drug-likeness (QED) is 0.428. The van der Waals surface area contributed by atoms with Crippen LogP contribution in [0.4, 0.5) is 8.78 Å². The van der Waals surface area contributed by atoms with Crippen LogP contribution in [0.1, 0.15) is 11.3 Å². The Morgan fingerprint density at radius 3 is 2.41 bits per heavy atom. The van der Waals surface area contributed by atoms with Crippen molar-refractivity contribution < 1.29 is 8.78 Å². The fourth-order valence-corrected chi connectivity index (χ4v) is 3.48. The highest BCUT2D eigenvalue weighted by molar-refractivity contribution is 7.98. The monoisotopic (exact) mass is 381 g/mol. The van der Waals surface area contributed by atoms with Gasteiger partial charge in [-0.1, -0.05) is 12.1 Å². The molecule has 6 heteroatoms. The number of nitrogens with zero attached hydrogens (tertiary/aromatic N) is 3. The number of aryl methyl sites for hydroxylation is 2. The highest BCUT2D eigenvalue weighted by Crippen LogP contribution is 2.37. The minimum absolute atomic E-state index is 0.283. The van der Waals surface area contributed by atoms with Crippen molar-refractivity contribution in [2.45, 2.75) is 18.7 Å². The van der Waals surface area contributed by atoms with Gasteiger partial charge in [0.2, 0.25) is 0 Å². The van der Waals surface area contributed by atoms with Crippen LogP contribution in [0.2, 0.25) is 0 Å². The molecule has 0 fully saturated rings. The van der Waals surface area contributed by atoms with Crippen LogP contribution in [0.5, 0.6) is 0 Å². The van der Waals surface area contributed by atoms with Gasteiger partial charge in [-0.2, -0.15) is 5.10 Å². The van der Waals surface area contributed by atoms with Gasteiger partial charge in [-0.3, -0.25) is 0 Å². The van der Waals surface area contributed by atoms with Gasteiger partial charge in [0.15, 0.2) is 5.65 Å². The lowest BCUT2D eigenvalue weighted by molar-refractivity contribution is 0.585. The van der Waals surface area contributed by atoms with E-state index in [1.54, 1.807) is 22.5 Å². The molecule has 0 saturated carbocycles. The van der Waals surface area contributed by atoms with E-state index in [0.29, 0.717) is 16.9 Å². The van der Waals surface area contributed by atoms with Gasteiger partial charge in [-0.05, 0) is 49.9 Å². The van der Waals surface area contributed by atoms with Crippen LogP contribution >= 0.6 is 11.8 Å². The van der Waals surface area contributed by atoms with E-state index in [0.717, 1.165) is 27.8 Å². The third kappa shape index (κ3) is 3.00. The number of aromatic nitrogens is 3. The van der Waals surface area contributed by atoms with Crippen LogP contribution in [0.3, 0.4) is 0 Å². The molecule has 0 amide bonds. The maximum absolute atomic E-state index is 14.6. The number of thioether (sulfide) groups is 1. The summed E-state index contributed by atoms with van der Waals surface area (Å²) in [4.78, 5) is 5.62. The highest BCUT2D eigenvalue weighted by Gasteiger charge is 2.21. The fraction of sp³-hybridized carbons (Fsp3) is 0.143. The van der Waals surface area contributed by atoms with Crippen LogP contribution in [-0.2, 0) is 0 Å². The standard InChI is InChI=1S/C21H17F2N3S/c1-12-11-24-21-19(17-9-6-15(22)10-18(17)23)20(25-26(21)13(12)2)14-4-7-16(27-3)8-5-14/h4-11H,1-3H3. The molecule has 0 radical (unpaired) electrons. The van der Waals surface area contributed by atoms with E-state index in [-0.39, 0.29) is 5.56 Å². The van der Waals surface area contributed by atoms with Gasteiger partial charge in [0.1, 0.15) is 17.3 Å². The molecule has 0 aliphatic rings. The lowest BCUT2D eigenvalue weighted by Gasteiger charge is -2.06. The van der Waals surface area contributed by atoms with Crippen molar-refractivity contribution in [2.24, 2.45) is 0 Å². The molecule has 136 valence electrons. The van der Waals surface area contributed by atoms with Crippen molar-refractivity contribution in [1.29, 1.82) is 0 Å². The van der Waals surface area contributed by atoms with Crippen LogP contribution in [0, 0.1) is 25.5 Å². The normalized spacial score (nSPS) is 11.3. The zero-order valence-corrected chi connectivity index (χ0v) is 15.9. The zero-order valence-electron chi connectivity index (χ0n) is 15.1. The Balaban J connectivity index is 2.06. The molecule has 0 saturated heterocycles. The van der Waals surface area contributed by atoms with Crippen molar-refractivity contribution in [3.8, 4) is 22.4 Å². The van der Waals surface area contributed by atoms with Crippen molar-refractivity contribution in [3.05, 3.63) is 71.6 Å². The van der Waals surface area contributed by atoms with Crippen molar-refractivity contribution in [2.75, 3.05) is 6.26 Å². The lowest BCUT2D eigenvalue weighted by atomic mass is 10.0. The summed E-state index contributed by atoms with van der Waals surface area (Å²) in [5.74, 6) is -1.24. The average molecular weight is 381 g/mol. The summed E-state index contributed by atoms with van der Waals surface area (Å²) < 4.78 is 29.8. The van der Waals surface area contributed by atoms with Gasteiger partial charge in [0, 0.05) is 34.0 Å². The van der Waals surface area contributed by atoms with Crippen LogP contribution in [-0.4, -0.2) is 20.9 Å². The number of fused-ring (bicyclic) bond motifs is 1. The molecule has 3 nitrogen and oxygen atoms in total. The first-order valence-electron chi connectivity index (χ1n) is 8.44.